The topological polar surface area (TPSA) is 75.7 Å². The summed E-state index contributed by atoms with van der Waals surface area (Å²) in [5.74, 6) is -1.19. The van der Waals surface area contributed by atoms with Crippen LogP contribution in [0.1, 0.15) is 25.3 Å². The standard InChI is InChI=1S/C21H21Cl2F3N2O4S/c1-2-32-19-8-6-15(11-17(19)23)33(30,31)28-9-3-4-13(12-28)20(29)27-18-7-5-14(22)10-16(18)21(24,25)26/h5-8,10-11,13H,2-4,9,12H2,1H3,(H,27,29)/t13-/m0/s1. The largest absolute Gasteiger partial charge is 0.492 e. The number of hydrogen-bond donors (Lipinski definition) is 1. The van der Waals surface area contributed by atoms with E-state index < -0.39 is 39.3 Å². The second-order valence-electron chi connectivity index (χ2n) is 7.40. The summed E-state index contributed by atoms with van der Waals surface area (Å²) in [6.07, 6.45) is -4.02. The molecule has 0 aromatic heterocycles. The van der Waals surface area contributed by atoms with Gasteiger partial charge in [-0.2, -0.15) is 17.5 Å². The average molecular weight is 525 g/mol. The van der Waals surface area contributed by atoms with E-state index in [0.717, 1.165) is 16.4 Å². The minimum Gasteiger partial charge on any atom is -0.492 e. The number of carbonyl (C=O) groups excluding carboxylic acids is 1. The molecule has 0 saturated carbocycles. The lowest BCUT2D eigenvalue weighted by Crippen LogP contribution is -2.43. The fourth-order valence-electron chi connectivity index (χ4n) is 3.53. The molecule has 2 aromatic rings. The highest BCUT2D eigenvalue weighted by Gasteiger charge is 2.37. The van der Waals surface area contributed by atoms with Gasteiger partial charge in [-0.25, -0.2) is 8.42 Å². The Balaban J connectivity index is 1.78. The third-order valence-corrected chi connectivity index (χ3v) is 7.53. The van der Waals surface area contributed by atoms with E-state index in [2.05, 4.69) is 5.32 Å². The first-order valence-corrected chi connectivity index (χ1v) is 12.2. The molecular formula is C21H21Cl2F3N2O4S. The Bertz CT molecular complexity index is 1140. The van der Waals surface area contributed by atoms with Gasteiger partial charge < -0.3 is 10.1 Å². The fraction of sp³-hybridized carbons (Fsp3) is 0.381. The monoisotopic (exact) mass is 524 g/mol. The molecule has 0 radical (unpaired) electrons. The molecule has 0 aliphatic carbocycles. The summed E-state index contributed by atoms with van der Waals surface area (Å²) in [7, 11) is -3.98. The van der Waals surface area contributed by atoms with Gasteiger partial charge in [0.05, 0.1) is 33.7 Å². The Kier molecular flexibility index (Phi) is 7.83. The van der Waals surface area contributed by atoms with Crippen LogP contribution in [0.25, 0.3) is 0 Å². The van der Waals surface area contributed by atoms with Crippen molar-refractivity contribution in [1.82, 2.24) is 4.31 Å². The fourth-order valence-corrected chi connectivity index (χ4v) is 5.56. The molecule has 1 saturated heterocycles. The van der Waals surface area contributed by atoms with Gasteiger partial charge in [-0.15, -0.1) is 0 Å². The molecule has 0 bridgehead atoms. The van der Waals surface area contributed by atoms with E-state index in [4.69, 9.17) is 27.9 Å². The Hall–Kier alpha value is -2.01. The Labute approximate surface area is 199 Å². The Morgan fingerprint density at radius 2 is 1.94 bits per heavy atom. The molecule has 33 heavy (non-hydrogen) atoms. The van der Waals surface area contributed by atoms with Crippen molar-refractivity contribution in [3.05, 3.63) is 52.0 Å². The summed E-state index contributed by atoms with van der Waals surface area (Å²) in [6, 6.07) is 7.12. The van der Waals surface area contributed by atoms with Crippen molar-refractivity contribution < 1.29 is 31.1 Å². The zero-order chi connectivity index (χ0) is 24.4. The normalized spacial score (nSPS) is 17.6. The van der Waals surface area contributed by atoms with Crippen LogP contribution in [0.4, 0.5) is 18.9 Å². The lowest BCUT2D eigenvalue weighted by molar-refractivity contribution is -0.137. The number of amides is 1. The SMILES string of the molecule is CCOc1ccc(S(=O)(=O)N2CCC[C@H](C(=O)Nc3ccc(Cl)cc3C(F)(F)F)C2)cc1Cl. The molecule has 1 N–H and O–H groups in total. The summed E-state index contributed by atoms with van der Waals surface area (Å²) >= 11 is 11.8. The molecule has 1 atom stereocenters. The van der Waals surface area contributed by atoms with Crippen molar-refractivity contribution >= 4 is 44.8 Å². The number of ether oxygens (including phenoxy) is 1. The maximum Gasteiger partial charge on any atom is 0.418 e. The zero-order valence-corrected chi connectivity index (χ0v) is 19.8. The van der Waals surface area contributed by atoms with Gasteiger partial charge >= 0.3 is 6.18 Å². The molecule has 1 aliphatic heterocycles. The third kappa shape index (κ3) is 5.92. The number of carbonyl (C=O) groups is 1. The van der Waals surface area contributed by atoms with Crippen molar-refractivity contribution in [2.75, 3.05) is 25.0 Å². The number of piperidine rings is 1. The molecule has 1 heterocycles. The lowest BCUT2D eigenvalue weighted by Gasteiger charge is -2.31. The summed E-state index contributed by atoms with van der Waals surface area (Å²) in [4.78, 5) is 12.7. The minimum absolute atomic E-state index is 0.0610. The van der Waals surface area contributed by atoms with Gasteiger partial charge in [-0.1, -0.05) is 23.2 Å². The molecule has 0 spiro atoms. The van der Waals surface area contributed by atoms with Crippen LogP contribution < -0.4 is 10.1 Å². The van der Waals surface area contributed by atoms with E-state index in [-0.39, 0.29) is 28.0 Å². The molecule has 180 valence electrons. The van der Waals surface area contributed by atoms with E-state index in [1.54, 1.807) is 6.92 Å². The van der Waals surface area contributed by atoms with E-state index in [0.29, 0.717) is 25.2 Å². The quantitative estimate of drug-likeness (QED) is 0.545. The Morgan fingerprint density at radius 1 is 1.21 bits per heavy atom. The van der Waals surface area contributed by atoms with Gasteiger partial charge in [0, 0.05) is 18.1 Å². The number of benzene rings is 2. The summed E-state index contributed by atoms with van der Waals surface area (Å²) in [5, 5.41) is 2.29. The summed E-state index contributed by atoms with van der Waals surface area (Å²) in [6.45, 7) is 2.12. The predicted molar refractivity (Wildman–Crippen MR) is 119 cm³/mol. The van der Waals surface area contributed by atoms with Crippen LogP contribution in [0.3, 0.4) is 0 Å². The van der Waals surface area contributed by atoms with Crippen molar-refractivity contribution in [3.8, 4) is 5.75 Å². The number of nitrogens with zero attached hydrogens (tertiary/aromatic N) is 1. The van der Waals surface area contributed by atoms with Gasteiger partial charge in [0.25, 0.3) is 0 Å². The van der Waals surface area contributed by atoms with Crippen LogP contribution in [0.2, 0.25) is 10.0 Å². The second kappa shape index (κ2) is 10.1. The maximum atomic E-state index is 13.3. The molecule has 1 fully saturated rings. The highest BCUT2D eigenvalue weighted by atomic mass is 35.5. The predicted octanol–water partition coefficient (Wildman–Crippen LogP) is 5.45. The number of nitrogens with one attached hydrogen (secondary N) is 1. The first-order valence-electron chi connectivity index (χ1n) is 10.0. The highest BCUT2D eigenvalue weighted by Crippen LogP contribution is 2.37. The number of anilines is 1. The van der Waals surface area contributed by atoms with Crippen molar-refractivity contribution in [2.24, 2.45) is 5.92 Å². The molecule has 6 nitrogen and oxygen atoms in total. The molecule has 3 rings (SSSR count). The molecule has 12 heteroatoms. The average Bonchev–Trinajstić information content (AvgIpc) is 2.75. The van der Waals surface area contributed by atoms with Crippen LogP contribution in [-0.2, 0) is 21.0 Å². The highest BCUT2D eigenvalue weighted by molar-refractivity contribution is 7.89. The number of rotatable bonds is 6. The van der Waals surface area contributed by atoms with Crippen LogP contribution in [0, 0.1) is 5.92 Å². The maximum absolute atomic E-state index is 13.3. The lowest BCUT2D eigenvalue weighted by atomic mass is 9.98. The molecule has 1 amide bonds. The van der Waals surface area contributed by atoms with Gasteiger partial charge in [-0.05, 0) is 56.2 Å². The van der Waals surface area contributed by atoms with Crippen molar-refractivity contribution in [2.45, 2.75) is 30.8 Å². The first-order chi connectivity index (χ1) is 15.4. The minimum atomic E-state index is -4.72. The van der Waals surface area contributed by atoms with Crippen LogP contribution in [-0.4, -0.2) is 38.3 Å². The number of sulfonamides is 1. The number of alkyl halides is 3. The first kappa shape index (κ1) is 25.6. The molecule has 0 unspecified atom stereocenters. The van der Waals surface area contributed by atoms with Gasteiger partial charge in [0.1, 0.15) is 5.75 Å². The van der Waals surface area contributed by atoms with Crippen molar-refractivity contribution in [1.29, 1.82) is 0 Å². The Morgan fingerprint density at radius 3 is 2.58 bits per heavy atom. The smallest absolute Gasteiger partial charge is 0.418 e. The number of halogens is 5. The van der Waals surface area contributed by atoms with E-state index in [1.807, 2.05) is 0 Å². The van der Waals surface area contributed by atoms with Gasteiger partial charge in [-0.3, -0.25) is 4.79 Å². The molecule has 1 aliphatic rings. The van der Waals surface area contributed by atoms with E-state index in [9.17, 15) is 26.4 Å². The van der Waals surface area contributed by atoms with Crippen LogP contribution >= 0.6 is 23.2 Å². The number of hydrogen-bond acceptors (Lipinski definition) is 4. The summed E-state index contributed by atoms with van der Waals surface area (Å²) in [5.41, 5.74) is -1.51. The van der Waals surface area contributed by atoms with E-state index in [1.165, 1.54) is 24.3 Å². The summed E-state index contributed by atoms with van der Waals surface area (Å²) < 4.78 is 72.6. The van der Waals surface area contributed by atoms with Gasteiger partial charge in [0.15, 0.2) is 0 Å². The molecule has 2 aromatic carbocycles. The van der Waals surface area contributed by atoms with Crippen LogP contribution in [0.5, 0.6) is 5.75 Å². The van der Waals surface area contributed by atoms with E-state index >= 15 is 0 Å². The zero-order valence-electron chi connectivity index (χ0n) is 17.5. The third-order valence-electron chi connectivity index (χ3n) is 5.14. The van der Waals surface area contributed by atoms with Gasteiger partial charge in [0.2, 0.25) is 15.9 Å². The van der Waals surface area contributed by atoms with Crippen LogP contribution in [0.15, 0.2) is 41.3 Å². The van der Waals surface area contributed by atoms with Crippen molar-refractivity contribution in [3.63, 3.8) is 0 Å². The molecular weight excluding hydrogens is 504 g/mol. The second-order valence-corrected chi connectivity index (χ2v) is 10.2.